The number of hydrogen-bond donors (Lipinski definition) is 3. The predicted molar refractivity (Wildman–Crippen MR) is 89.9 cm³/mol. The second-order valence-electron chi connectivity index (χ2n) is 5.50. The number of rotatable bonds is 5. The van der Waals surface area contributed by atoms with E-state index in [2.05, 4.69) is 10.3 Å². The summed E-state index contributed by atoms with van der Waals surface area (Å²) in [5.74, 6) is -1.89. The molecule has 3 aromatic rings. The molecular formula is C17H15FN2O3S. The van der Waals surface area contributed by atoms with E-state index < -0.39 is 17.9 Å². The molecule has 0 unspecified atom stereocenters. The number of carbonyl (C=O) groups excluding carboxylic acids is 1. The maximum Gasteiger partial charge on any atom is 0.326 e. The average Bonchev–Trinajstić information content (AvgIpc) is 3.12. The maximum atomic E-state index is 13.2. The van der Waals surface area contributed by atoms with Crippen molar-refractivity contribution < 1.29 is 19.1 Å². The van der Waals surface area contributed by atoms with E-state index in [1.807, 2.05) is 6.07 Å². The number of aryl methyl sites for hydroxylation is 1. The van der Waals surface area contributed by atoms with E-state index >= 15 is 0 Å². The number of benzene rings is 1. The zero-order valence-corrected chi connectivity index (χ0v) is 13.6. The molecule has 0 aliphatic rings. The first-order valence-corrected chi connectivity index (χ1v) is 8.17. The number of fused-ring (bicyclic) bond motifs is 1. The number of nitrogens with one attached hydrogen (secondary N) is 2. The van der Waals surface area contributed by atoms with Crippen LogP contribution < -0.4 is 5.32 Å². The third kappa shape index (κ3) is 3.16. The number of aromatic nitrogens is 1. The third-order valence-corrected chi connectivity index (χ3v) is 4.84. The Labute approximate surface area is 141 Å². The number of thiophene rings is 1. The lowest BCUT2D eigenvalue weighted by molar-refractivity contribution is -0.139. The Bertz CT molecular complexity index is 916. The molecule has 0 aliphatic carbocycles. The van der Waals surface area contributed by atoms with Gasteiger partial charge in [0.25, 0.3) is 5.91 Å². The summed E-state index contributed by atoms with van der Waals surface area (Å²) in [5, 5.41) is 14.5. The number of H-pyrrole nitrogens is 1. The molecule has 0 saturated heterocycles. The van der Waals surface area contributed by atoms with Gasteiger partial charge in [-0.3, -0.25) is 4.79 Å². The summed E-state index contributed by atoms with van der Waals surface area (Å²) in [4.78, 5) is 27.2. The number of carboxylic acid groups (broad SMARTS) is 1. The fraction of sp³-hybridized carbons (Fsp3) is 0.176. The highest BCUT2D eigenvalue weighted by Crippen LogP contribution is 2.21. The quantitative estimate of drug-likeness (QED) is 0.664. The van der Waals surface area contributed by atoms with Crippen LogP contribution >= 0.6 is 11.3 Å². The highest BCUT2D eigenvalue weighted by molar-refractivity contribution is 7.12. The van der Waals surface area contributed by atoms with E-state index in [1.165, 1.54) is 23.5 Å². The maximum absolute atomic E-state index is 13.2. The smallest absolute Gasteiger partial charge is 0.326 e. The Morgan fingerprint density at radius 3 is 2.83 bits per heavy atom. The van der Waals surface area contributed by atoms with Crippen molar-refractivity contribution >= 4 is 34.1 Å². The van der Waals surface area contributed by atoms with E-state index in [0.29, 0.717) is 16.0 Å². The Morgan fingerprint density at radius 1 is 1.38 bits per heavy atom. The topological polar surface area (TPSA) is 82.2 Å². The number of carbonyl (C=O) groups is 2. The number of amides is 1. The molecule has 2 heterocycles. The van der Waals surface area contributed by atoms with Gasteiger partial charge in [-0.15, -0.1) is 11.3 Å². The molecule has 7 heteroatoms. The van der Waals surface area contributed by atoms with Gasteiger partial charge in [-0.05, 0) is 47.7 Å². The Kier molecular flexibility index (Phi) is 4.35. The van der Waals surface area contributed by atoms with Crippen LogP contribution in [0.2, 0.25) is 0 Å². The monoisotopic (exact) mass is 346 g/mol. The van der Waals surface area contributed by atoms with Gasteiger partial charge in [0.1, 0.15) is 11.9 Å². The van der Waals surface area contributed by atoms with E-state index in [1.54, 1.807) is 24.6 Å². The molecule has 0 saturated carbocycles. The first-order valence-electron chi connectivity index (χ1n) is 7.29. The Balaban J connectivity index is 1.82. The molecule has 0 bridgehead atoms. The summed E-state index contributed by atoms with van der Waals surface area (Å²) in [6.45, 7) is 1.80. The Hall–Kier alpha value is -2.67. The highest BCUT2D eigenvalue weighted by Gasteiger charge is 2.23. The van der Waals surface area contributed by atoms with Crippen LogP contribution in [0.1, 0.15) is 20.8 Å². The SMILES string of the molecule is Cc1ccsc1C(=O)N[C@@H](Cc1c[nH]c2cc(F)ccc12)C(=O)O. The summed E-state index contributed by atoms with van der Waals surface area (Å²) in [6.07, 6.45) is 1.75. The van der Waals surface area contributed by atoms with Crippen molar-refractivity contribution in [1.82, 2.24) is 10.3 Å². The third-order valence-electron chi connectivity index (χ3n) is 3.83. The van der Waals surface area contributed by atoms with Gasteiger partial charge in [0.2, 0.25) is 0 Å². The molecule has 0 aliphatic heterocycles. The van der Waals surface area contributed by atoms with Gasteiger partial charge in [0.15, 0.2) is 0 Å². The van der Waals surface area contributed by atoms with Crippen molar-refractivity contribution in [1.29, 1.82) is 0 Å². The van der Waals surface area contributed by atoms with E-state index in [9.17, 15) is 19.1 Å². The van der Waals surface area contributed by atoms with Crippen molar-refractivity contribution in [2.24, 2.45) is 0 Å². The number of carboxylic acids is 1. The number of hydrogen-bond acceptors (Lipinski definition) is 3. The summed E-state index contributed by atoms with van der Waals surface area (Å²) >= 11 is 1.27. The second kappa shape index (κ2) is 6.45. The van der Waals surface area contributed by atoms with E-state index in [0.717, 1.165) is 10.9 Å². The minimum Gasteiger partial charge on any atom is -0.480 e. The normalized spacial score (nSPS) is 12.2. The molecule has 5 nitrogen and oxygen atoms in total. The van der Waals surface area contributed by atoms with Gasteiger partial charge in [0, 0.05) is 23.5 Å². The molecule has 1 amide bonds. The van der Waals surface area contributed by atoms with Crippen molar-refractivity contribution in [2.75, 3.05) is 0 Å². The zero-order valence-electron chi connectivity index (χ0n) is 12.8. The van der Waals surface area contributed by atoms with E-state index in [4.69, 9.17) is 0 Å². The summed E-state index contributed by atoms with van der Waals surface area (Å²) in [6, 6.07) is 5.01. The van der Waals surface area contributed by atoms with Gasteiger partial charge in [-0.1, -0.05) is 0 Å². The predicted octanol–water partition coefficient (Wildman–Crippen LogP) is 3.10. The van der Waals surface area contributed by atoms with Crippen LogP contribution in [0.3, 0.4) is 0 Å². The fourth-order valence-corrected chi connectivity index (χ4v) is 3.40. The van der Waals surface area contributed by atoms with Gasteiger partial charge < -0.3 is 15.4 Å². The standard InChI is InChI=1S/C17H15FN2O3S/c1-9-4-5-24-15(9)16(21)20-14(17(22)23)6-10-8-19-13-7-11(18)2-3-12(10)13/h2-5,7-8,14,19H,6H2,1H3,(H,20,21)(H,22,23)/t14-/m0/s1. The second-order valence-corrected chi connectivity index (χ2v) is 6.42. The van der Waals surface area contributed by atoms with Gasteiger partial charge in [-0.25, -0.2) is 9.18 Å². The number of halogens is 1. The molecule has 1 atom stereocenters. The molecule has 0 radical (unpaired) electrons. The molecule has 124 valence electrons. The van der Waals surface area contributed by atoms with E-state index in [-0.39, 0.29) is 12.2 Å². The van der Waals surface area contributed by atoms with Crippen LogP contribution in [0.5, 0.6) is 0 Å². The number of aliphatic carboxylic acids is 1. The average molecular weight is 346 g/mol. The van der Waals surface area contributed by atoms with Crippen molar-refractivity contribution in [3.63, 3.8) is 0 Å². The van der Waals surface area contributed by atoms with Gasteiger partial charge in [-0.2, -0.15) is 0 Å². The van der Waals surface area contributed by atoms with Crippen LogP contribution in [0.25, 0.3) is 10.9 Å². The van der Waals surface area contributed by atoms with Gasteiger partial charge in [0.05, 0.1) is 4.88 Å². The number of aromatic amines is 1. The highest BCUT2D eigenvalue weighted by atomic mass is 32.1. The fourth-order valence-electron chi connectivity index (χ4n) is 2.58. The molecular weight excluding hydrogens is 331 g/mol. The lowest BCUT2D eigenvalue weighted by atomic mass is 10.0. The van der Waals surface area contributed by atoms with Crippen LogP contribution in [0.15, 0.2) is 35.8 Å². The van der Waals surface area contributed by atoms with Crippen LogP contribution in [-0.4, -0.2) is 28.0 Å². The largest absolute Gasteiger partial charge is 0.480 e. The summed E-state index contributed by atoms with van der Waals surface area (Å²) < 4.78 is 13.2. The van der Waals surface area contributed by atoms with Gasteiger partial charge >= 0.3 is 5.97 Å². The molecule has 1 aromatic carbocycles. The molecule has 2 aromatic heterocycles. The minimum atomic E-state index is -1.12. The molecule has 24 heavy (non-hydrogen) atoms. The first kappa shape index (κ1) is 16.2. The van der Waals surface area contributed by atoms with Crippen molar-refractivity contribution in [3.8, 4) is 0 Å². The summed E-state index contributed by atoms with van der Waals surface area (Å²) in [7, 11) is 0. The Morgan fingerprint density at radius 2 is 2.17 bits per heavy atom. The van der Waals surface area contributed by atoms with Crippen molar-refractivity contribution in [3.05, 3.63) is 57.7 Å². The lowest BCUT2D eigenvalue weighted by Gasteiger charge is -2.14. The molecule has 3 N–H and O–H groups in total. The summed E-state index contributed by atoms with van der Waals surface area (Å²) in [5.41, 5.74) is 2.11. The van der Waals surface area contributed by atoms with Crippen molar-refractivity contribution in [2.45, 2.75) is 19.4 Å². The molecule has 0 fully saturated rings. The molecule has 3 rings (SSSR count). The first-order chi connectivity index (χ1) is 11.5. The molecule has 0 spiro atoms. The van der Waals surface area contributed by atoms with Crippen LogP contribution in [-0.2, 0) is 11.2 Å². The van der Waals surface area contributed by atoms with Crippen LogP contribution in [0.4, 0.5) is 4.39 Å². The minimum absolute atomic E-state index is 0.108. The zero-order chi connectivity index (χ0) is 17.3. The van der Waals surface area contributed by atoms with Crippen LogP contribution in [0, 0.1) is 12.7 Å². The lowest BCUT2D eigenvalue weighted by Crippen LogP contribution is -2.42.